The zero-order chi connectivity index (χ0) is 23.3. The van der Waals surface area contributed by atoms with Gasteiger partial charge in [0.05, 0.1) is 34.2 Å². The van der Waals surface area contributed by atoms with E-state index in [0.717, 1.165) is 37.3 Å². The van der Waals surface area contributed by atoms with Crippen LogP contribution in [-0.4, -0.2) is 48.3 Å². The molecule has 7 nitrogen and oxygen atoms in total. The predicted octanol–water partition coefficient (Wildman–Crippen LogP) is 4.68. The van der Waals surface area contributed by atoms with Gasteiger partial charge in [-0.25, -0.2) is 4.79 Å². The molecular formula is C24H30ClN3O4. The van der Waals surface area contributed by atoms with Crippen LogP contribution in [0.4, 0.5) is 17.1 Å². The summed E-state index contributed by atoms with van der Waals surface area (Å²) in [6.45, 7) is 7.26. The summed E-state index contributed by atoms with van der Waals surface area (Å²) in [5, 5.41) is 16.6. The van der Waals surface area contributed by atoms with E-state index in [4.69, 9.17) is 16.3 Å². The van der Waals surface area contributed by atoms with Crippen molar-refractivity contribution in [3.05, 3.63) is 53.1 Å². The number of halogens is 1. The van der Waals surface area contributed by atoms with Crippen LogP contribution in [0.25, 0.3) is 0 Å². The fraction of sp³-hybridized carbons (Fsp3) is 0.417. The Labute approximate surface area is 193 Å². The molecule has 0 saturated carbocycles. The zero-order valence-electron chi connectivity index (χ0n) is 18.7. The van der Waals surface area contributed by atoms with E-state index in [2.05, 4.69) is 15.5 Å². The molecule has 0 bridgehead atoms. The predicted molar refractivity (Wildman–Crippen MR) is 127 cm³/mol. The molecule has 0 radical (unpaired) electrons. The van der Waals surface area contributed by atoms with Crippen LogP contribution in [0.3, 0.4) is 0 Å². The van der Waals surface area contributed by atoms with E-state index in [1.54, 1.807) is 24.3 Å². The number of hydrogen-bond donors (Lipinski definition) is 3. The molecule has 2 aromatic rings. The average Bonchev–Trinajstić information content (AvgIpc) is 2.72. The number of ether oxygens (including phenoxy) is 1. The van der Waals surface area contributed by atoms with Crippen molar-refractivity contribution in [2.45, 2.75) is 45.3 Å². The van der Waals surface area contributed by atoms with Crippen LogP contribution in [0, 0.1) is 0 Å². The van der Waals surface area contributed by atoms with Gasteiger partial charge in [0.15, 0.2) is 0 Å². The van der Waals surface area contributed by atoms with E-state index in [1.165, 1.54) is 0 Å². The first-order valence-corrected chi connectivity index (χ1v) is 11.1. The maximum Gasteiger partial charge on any atom is 0.337 e. The second-order valence-corrected chi connectivity index (χ2v) is 9.25. The largest absolute Gasteiger partial charge is 0.478 e. The van der Waals surface area contributed by atoms with Gasteiger partial charge in [-0.15, -0.1) is 0 Å². The Morgan fingerprint density at radius 3 is 2.41 bits per heavy atom. The number of anilines is 3. The minimum Gasteiger partial charge on any atom is -0.478 e. The summed E-state index contributed by atoms with van der Waals surface area (Å²) in [6, 6.07) is 12.6. The second-order valence-electron chi connectivity index (χ2n) is 8.84. The van der Waals surface area contributed by atoms with Gasteiger partial charge in [-0.1, -0.05) is 29.8 Å². The lowest BCUT2D eigenvalue weighted by molar-refractivity contribution is -0.153. The summed E-state index contributed by atoms with van der Waals surface area (Å²) in [6.07, 6.45) is 1.69. The first-order chi connectivity index (χ1) is 15.1. The van der Waals surface area contributed by atoms with Crippen LogP contribution in [0.2, 0.25) is 5.02 Å². The third kappa shape index (κ3) is 6.37. The minimum atomic E-state index is -0.992. The molecule has 0 amide bonds. The van der Waals surface area contributed by atoms with Crippen LogP contribution >= 0.6 is 11.6 Å². The Bertz CT molecular complexity index is 966. The number of esters is 1. The summed E-state index contributed by atoms with van der Waals surface area (Å²) >= 11 is 6.56. The maximum absolute atomic E-state index is 12.0. The van der Waals surface area contributed by atoms with Gasteiger partial charge in [-0.2, -0.15) is 0 Å². The zero-order valence-corrected chi connectivity index (χ0v) is 19.4. The van der Waals surface area contributed by atoms with Crippen LogP contribution < -0.4 is 15.5 Å². The number of carboxylic acids is 1. The fourth-order valence-corrected chi connectivity index (χ4v) is 4.07. The number of carbonyl (C=O) groups is 2. The van der Waals surface area contributed by atoms with Gasteiger partial charge in [0, 0.05) is 19.1 Å². The summed E-state index contributed by atoms with van der Waals surface area (Å²) in [5.41, 5.74) is 1.82. The fourth-order valence-electron chi connectivity index (χ4n) is 3.77. The summed E-state index contributed by atoms with van der Waals surface area (Å²) in [7, 11) is 0. The van der Waals surface area contributed by atoms with E-state index in [1.807, 2.05) is 39.0 Å². The third-order valence-electron chi connectivity index (χ3n) is 5.18. The minimum absolute atomic E-state index is 0.187. The number of hydrogen-bond acceptors (Lipinski definition) is 6. The number of aromatic carboxylic acids is 1. The molecule has 172 valence electrons. The SMILES string of the molecule is CC(C)(C)OC(=O)CNC1CCN(c2c(Cl)cccc2Nc2ccccc2C(=O)O)CC1. The molecule has 0 unspecified atom stereocenters. The van der Waals surface area contributed by atoms with Crippen molar-refractivity contribution in [3.63, 3.8) is 0 Å². The smallest absolute Gasteiger partial charge is 0.337 e. The Morgan fingerprint density at radius 2 is 1.75 bits per heavy atom. The standard InChI is InChI=1S/C24H30ClN3O4/c1-24(2,3)32-21(29)15-26-16-11-13-28(14-12-16)22-18(25)8-6-10-20(22)27-19-9-5-4-7-17(19)23(30)31/h4-10,16,26-27H,11-15H2,1-3H3,(H,30,31). The monoisotopic (exact) mass is 459 g/mol. The Morgan fingerprint density at radius 1 is 1.09 bits per heavy atom. The van der Waals surface area contributed by atoms with Crippen molar-refractivity contribution in [1.29, 1.82) is 0 Å². The van der Waals surface area contributed by atoms with Crippen molar-refractivity contribution in [2.24, 2.45) is 0 Å². The van der Waals surface area contributed by atoms with Crippen molar-refractivity contribution >= 4 is 40.6 Å². The first kappa shape index (κ1) is 23.9. The van der Waals surface area contributed by atoms with Crippen LogP contribution in [0.15, 0.2) is 42.5 Å². The molecule has 0 aliphatic carbocycles. The number of nitrogens with one attached hydrogen (secondary N) is 2. The highest BCUT2D eigenvalue weighted by Gasteiger charge is 2.24. The summed E-state index contributed by atoms with van der Waals surface area (Å²) in [4.78, 5) is 25.7. The van der Waals surface area contributed by atoms with Gasteiger partial charge in [0.25, 0.3) is 0 Å². The lowest BCUT2D eigenvalue weighted by Gasteiger charge is -2.35. The molecule has 1 fully saturated rings. The number of rotatable bonds is 7. The normalized spacial score (nSPS) is 14.8. The molecule has 8 heteroatoms. The topological polar surface area (TPSA) is 90.9 Å². The van der Waals surface area contributed by atoms with Gasteiger partial charge in [0.2, 0.25) is 0 Å². The van der Waals surface area contributed by atoms with Crippen molar-refractivity contribution in [3.8, 4) is 0 Å². The molecule has 1 heterocycles. The number of benzene rings is 2. The molecule has 32 heavy (non-hydrogen) atoms. The summed E-state index contributed by atoms with van der Waals surface area (Å²) in [5.74, 6) is -1.25. The van der Waals surface area contributed by atoms with Gasteiger partial charge in [0.1, 0.15) is 5.60 Å². The van der Waals surface area contributed by atoms with E-state index >= 15 is 0 Å². The molecule has 0 aromatic heterocycles. The Kier molecular flexibility index (Phi) is 7.64. The lowest BCUT2D eigenvalue weighted by Crippen LogP contribution is -2.45. The van der Waals surface area contributed by atoms with Crippen LogP contribution in [-0.2, 0) is 9.53 Å². The number of carboxylic acid groups (broad SMARTS) is 1. The third-order valence-corrected chi connectivity index (χ3v) is 5.48. The van der Waals surface area contributed by atoms with Crippen molar-refractivity contribution in [1.82, 2.24) is 5.32 Å². The van der Waals surface area contributed by atoms with Crippen LogP contribution in [0.5, 0.6) is 0 Å². The van der Waals surface area contributed by atoms with Gasteiger partial charge in [-0.3, -0.25) is 4.79 Å². The highest BCUT2D eigenvalue weighted by atomic mass is 35.5. The number of para-hydroxylation sites is 2. The lowest BCUT2D eigenvalue weighted by atomic mass is 10.0. The molecule has 1 aliphatic rings. The molecule has 3 rings (SSSR count). The Hall–Kier alpha value is -2.77. The molecular weight excluding hydrogens is 430 g/mol. The maximum atomic E-state index is 12.0. The molecule has 3 N–H and O–H groups in total. The molecule has 1 saturated heterocycles. The highest BCUT2D eigenvalue weighted by Crippen LogP contribution is 2.37. The summed E-state index contributed by atoms with van der Waals surface area (Å²) < 4.78 is 5.35. The van der Waals surface area contributed by atoms with Gasteiger partial charge >= 0.3 is 11.9 Å². The number of carbonyl (C=O) groups excluding carboxylic acids is 1. The Balaban J connectivity index is 1.66. The van der Waals surface area contributed by atoms with Crippen molar-refractivity contribution < 1.29 is 19.4 Å². The second kappa shape index (κ2) is 10.2. The molecule has 1 aliphatic heterocycles. The van der Waals surface area contributed by atoms with Gasteiger partial charge in [-0.05, 0) is 57.9 Å². The van der Waals surface area contributed by atoms with Gasteiger partial charge < -0.3 is 25.4 Å². The van der Waals surface area contributed by atoms with Crippen LogP contribution in [0.1, 0.15) is 44.0 Å². The number of nitrogens with zero attached hydrogens (tertiary/aromatic N) is 1. The molecule has 0 atom stereocenters. The molecule has 2 aromatic carbocycles. The number of piperidine rings is 1. The van der Waals surface area contributed by atoms with Crippen molar-refractivity contribution in [2.75, 3.05) is 29.9 Å². The van der Waals surface area contributed by atoms with E-state index in [-0.39, 0.29) is 24.1 Å². The first-order valence-electron chi connectivity index (χ1n) is 10.7. The van der Waals surface area contributed by atoms with E-state index in [0.29, 0.717) is 10.7 Å². The highest BCUT2D eigenvalue weighted by molar-refractivity contribution is 6.34. The average molecular weight is 460 g/mol. The quantitative estimate of drug-likeness (QED) is 0.517. The molecule has 0 spiro atoms. The van der Waals surface area contributed by atoms with E-state index < -0.39 is 11.6 Å². The van der Waals surface area contributed by atoms with E-state index in [9.17, 15) is 14.7 Å².